The highest BCUT2D eigenvalue weighted by molar-refractivity contribution is 7.99. The van der Waals surface area contributed by atoms with Crippen LogP contribution in [0.4, 0.5) is 0 Å². The normalized spacial score (nSPS) is 11.0. The molecule has 1 aromatic carbocycles. The van der Waals surface area contributed by atoms with Crippen LogP contribution in [-0.4, -0.2) is 16.8 Å². The zero-order valence-corrected chi connectivity index (χ0v) is 18.9. The highest BCUT2D eigenvalue weighted by Crippen LogP contribution is 2.21. The third-order valence-corrected chi connectivity index (χ3v) is 6.47. The molecule has 3 heteroatoms. The summed E-state index contributed by atoms with van der Waals surface area (Å²) < 4.78 is 0. The van der Waals surface area contributed by atoms with Crippen LogP contribution in [0, 0.1) is 0 Å². The van der Waals surface area contributed by atoms with Crippen LogP contribution in [0.2, 0.25) is 0 Å². The summed E-state index contributed by atoms with van der Waals surface area (Å²) in [5.74, 6) is 0.277. The van der Waals surface area contributed by atoms with Crippen LogP contribution in [0.15, 0.2) is 29.2 Å². The first kappa shape index (κ1) is 25.1. The predicted octanol–water partition coefficient (Wildman–Crippen LogP) is 8.74. The van der Waals surface area contributed by atoms with Crippen LogP contribution < -0.4 is 0 Å². The van der Waals surface area contributed by atoms with E-state index < -0.39 is 5.97 Å². The lowest BCUT2D eigenvalue weighted by molar-refractivity contribution is 0.0697. The first-order valence-corrected chi connectivity index (χ1v) is 12.7. The van der Waals surface area contributed by atoms with E-state index >= 15 is 0 Å². The molecule has 0 saturated carbocycles. The molecule has 0 unspecified atom stereocenters. The van der Waals surface area contributed by atoms with E-state index in [1.165, 1.54) is 108 Å². The fraction of sp³-hybridized carbons (Fsp3) is 0.720. The lowest BCUT2D eigenvalue weighted by Gasteiger charge is -2.04. The molecule has 28 heavy (non-hydrogen) atoms. The fourth-order valence-electron chi connectivity index (χ4n) is 3.53. The number of unbranched alkanes of at least 4 members (excludes halogenated alkanes) is 15. The van der Waals surface area contributed by atoms with E-state index in [0.29, 0.717) is 5.56 Å². The van der Waals surface area contributed by atoms with Gasteiger partial charge in [0.1, 0.15) is 0 Å². The molecule has 0 spiro atoms. The van der Waals surface area contributed by atoms with Crippen LogP contribution in [0.25, 0.3) is 0 Å². The van der Waals surface area contributed by atoms with Gasteiger partial charge in [-0.2, -0.15) is 0 Å². The predicted molar refractivity (Wildman–Crippen MR) is 124 cm³/mol. The van der Waals surface area contributed by atoms with Gasteiger partial charge in [0.25, 0.3) is 0 Å². The number of carboxylic acids is 1. The molecule has 0 aliphatic carbocycles. The molecular weight excluding hydrogens is 364 g/mol. The summed E-state index contributed by atoms with van der Waals surface area (Å²) in [6.45, 7) is 2.28. The van der Waals surface area contributed by atoms with Crippen molar-refractivity contribution in [2.45, 2.75) is 115 Å². The van der Waals surface area contributed by atoms with E-state index in [2.05, 4.69) is 6.92 Å². The molecule has 1 rings (SSSR count). The van der Waals surface area contributed by atoms with E-state index in [4.69, 9.17) is 5.11 Å². The van der Waals surface area contributed by atoms with Gasteiger partial charge in [-0.05, 0) is 36.4 Å². The molecule has 0 bridgehead atoms. The molecule has 0 radical (unpaired) electrons. The van der Waals surface area contributed by atoms with E-state index in [1.54, 1.807) is 12.1 Å². The molecule has 0 aromatic heterocycles. The number of hydrogen-bond donors (Lipinski definition) is 1. The minimum atomic E-state index is -0.852. The van der Waals surface area contributed by atoms with E-state index in [9.17, 15) is 4.79 Å². The quantitative estimate of drug-likeness (QED) is 0.184. The van der Waals surface area contributed by atoms with Gasteiger partial charge < -0.3 is 5.11 Å². The van der Waals surface area contributed by atoms with Crippen molar-refractivity contribution in [1.29, 1.82) is 0 Å². The van der Waals surface area contributed by atoms with Gasteiger partial charge >= 0.3 is 5.97 Å². The van der Waals surface area contributed by atoms with Crippen LogP contribution in [-0.2, 0) is 0 Å². The Labute approximate surface area is 177 Å². The SMILES string of the molecule is CCCCCCCCCCCCCCCCCCSc1ccc(C(=O)O)cc1. The summed E-state index contributed by atoms with van der Waals surface area (Å²) >= 11 is 1.83. The van der Waals surface area contributed by atoms with Gasteiger partial charge in [0.05, 0.1) is 5.56 Å². The summed E-state index contributed by atoms with van der Waals surface area (Å²) in [5, 5.41) is 8.90. The standard InChI is InChI=1S/C25H42O2S/c1-2-3-4-5-6-7-8-9-10-11-12-13-14-15-16-17-22-28-24-20-18-23(19-21-24)25(26)27/h18-21H,2-17,22H2,1H3,(H,26,27). The Kier molecular flexibility index (Phi) is 16.2. The van der Waals surface area contributed by atoms with Crippen molar-refractivity contribution in [3.05, 3.63) is 29.8 Å². The lowest BCUT2D eigenvalue weighted by atomic mass is 10.0. The number of benzene rings is 1. The lowest BCUT2D eigenvalue weighted by Crippen LogP contribution is -1.94. The summed E-state index contributed by atoms with van der Waals surface area (Å²) in [7, 11) is 0. The summed E-state index contributed by atoms with van der Waals surface area (Å²) in [5.41, 5.74) is 0.367. The number of hydrogen-bond acceptors (Lipinski definition) is 2. The first-order chi connectivity index (χ1) is 13.7. The van der Waals surface area contributed by atoms with Crippen LogP contribution in [0.5, 0.6) is 0 Å². The van der Waals surface area contributed by atoms with Gasteiger partial charge in [-0.15, -0.1) is 11.8 Å². The Bertz CT molecular complexity index is 484. The second-order valence-corrected chi connectivity index (χ2v) is 9.15. The van der Waals surface area contributed by atoms with Gasteiger partial charge in [0.15, 0.2) is 0 Å². The van der Waals surface area contributed by atoms with Gasteiger partial charge in [0.2, 0.25) is 0 Å². The number of thioether (sulfide) groups is 1. The molecular formula is C25H42O2S. The Balaban J connectivity index is 1.79. The molecule has 0 heterocycles. The summed E-state index contributed by atoms with van der Waals surface area (Å²) in [4.78, 5) is 12.0. The molecule has 0 saturated heterocycles. The molecule has 0 aliphatic heterocycles. The molecule has 0 aliphatic rings. The van der Waals surface area contributed by atoms with Crippen molar-refractivity contribution in [3.63, 3.8) is 0 Å². The highest BCUT2D eigenvalue weighted by Gasteiger charge is 2.02. The Hall–Kier alpha value is -0.960. The van der Waals surface area contributed by atoms with Gasteiger partial charge in [-0.25, -0.2) is 4.79 Å². The number of carboxylic acid groups (broad SMARTS) is 1. The third kappa shape index (κ3) is 14.1. The summed E-state index contributed by atoms with van der Waals surface area (Å²) in [6.07, 6.45) is 22.4. The minimum absolute atomic E-state index is 0.367. The molecule has 0 atom stereocenters. The number of rotatable bonds is 19. The highest BCUT2D eigenvalue weighted by atomic mass is 32.2. The van der Waals surface area contributed by atoms with Crippen LogP contribution >= 0.6 is 11.8 Å². The van der Waals surface area contributed by atoms with Crippen molar-refractivity contribution in [2.24, 2.45) is 0 Å². The minimum Gasteiger partial charge on any atom is -0.478 e. The van der Waals surface area contributed by atoms with Crippen molar-refractivity contribution in [2.75, 3.05) is 5.75 Å². The van der Waals surface area contributed by atoms with Crippen molar-refractivity contribution >= 4 is 17.7 Å². The number of aromatic carboxylic acids is 1. The average Bonchev–Trinajstić information content (AvgIpc) is 2.70. The Morgan fingerprint density at radius 3 is 1.46 bits per heavy atom. The molecule has 1 N–H and O–H groups in total. The van der Waals surface area contributed by atoms with Crippen LogP contribution in [0.1, 0.15) is 120 Å². The Morgan fingerprint density at radius 2 is 1.07 bits per heavy atom. The second kappa shape index (κ2) is 18.1. The zero-order valence-electron chi connectivity index (χ0n) is 18.1. The molecule has 0 fully saturated rings. The van der Waals surface area contributed by atoms with Crippen molar-refractivity contribution < 1.29 is 9.90 Å². The van der Waals surface area contributed by atoms with Gasteiger partial charge in [0, 0.05) is 4.90 Å². The topological polar surface area (TPSA) is 37.3 Å². The molecule has 0 amide bonds. The second-order valence-electron chi connectivity index (χ2n) is 7.98. The zero-order chi connectivity index (χ0) is 20.3. The maximum atomic E-state index is 10.8. The van der Waals surface area contributed by atoms with E-state index in [0.717, 1.165) is 5.75 Å². The van der Waals surface area contributed by atoms with Gasteiger partial charge in [-0.1, -0.05) is 103 Å². The summed E-state index contributed by atoms with van der Waals surface area (Å²) in [6, 6.07) is 7.22. The Morgan fingerprint density at radius 1 is 0.679 bits per heavy atom. The third-order valence-electron chi connectivity index (χ3n) is 5.37. The van der Waals surface area contributed by atoms with E-state index in [-0.39, 0.29) is 0 Å². The van der Waals surface area contributed by atoms with Crippen molar-refractivity contribution in [1.82, 2.24) is 0 Å². The average molecular weight is 407 g/mol. The molecule has 2 nitrogen and oxygen atoms in total. The fourth-order valence-corrected chi connectivity index (χ4v) is 4.45. The monoisotopic (exact) mass is 406 g/mol. The molecule has 1 aromatic rings. The smallest absolute Gasteiger partial charge is 0.335 e. The maximum Gasteiger partial charge on any atom is 0.335 e. The number of carbonyl (C=O) groups is 1. The van der Waals surface area contributed by atoms with Crippen LogP contribution in [0.3, 0.4) is 0 Å². The molecule has 160 valence electrons. The van der Waals surface area contributed by atoms with E-state index in [1.807, 2.05) is 23.9 Å². The maximum absolute atomic E-state index is 10.8. The largest absolute Gasteiger partial charge is 0.478 e. The van der Waals surface area contributed by atoms with Crippen molar-refractivity contribution in [3.8, 4) is 0 Å². The van der Waals surface area contributed by atoms with Gasteiger partial charge in [-0.3, -0.25) is 0 Å². The first-order valence-electron chi connectivity index (χ1n) is 11.7.